The summed E-state index contributed by atoms with van der Waals surface area (Å²) in [4.78, 5) is 18.8. The monoisotopic (exact) mass is 333 g/mol. The summed E-state index contributed by atoms with van der Waals surface area (Å²) in [5.41, 5.74) is 0.560. The molecular formula is C17H23N3O2S. The highest BCUT2D eigenvalue weighted by Crippen LogP contribution is 2.15. The molecule has 0 saturated heterocycles. The molecule has 0 bridgehead atoms. The Kier molecular flexibility index (Phi) is 7.16. The van der Waals surface area contributed by atoms with Crippen molar-refractivity contribution in [2.75, 3.05) is 25.4 Å². The standard InChI is InChI=1S/C17H23N3O2S/c1-3-20(4-2)9-11-23-16-8-7-14(12-18-16)17(21)19-13-15-6-5-10-22-15/h5-8,10,12H,3-4,9,11,13H2,1-2H3,(H,19,21). The number of hydrogen-bond donors (Lipinski definition) is 1. The van der Waals surface area contributed by atoms with Gasteiger partial charge in [-0.2, -0.15) is 0 Å². The van der Waals surface area contributed by atoms with E-state index < -0.39 is 0 Å². The number of thioether (sulfide) groups is 1. The third-order valence-corrected chi connectivity index (χ3v) is 4.48. The molecule has 1 amide bonds. The molecule has 0 fully saturated rings. The fraction of sp³-hybridized carbons (Fsp3) is 0.412. The van der Waals surface area contributed by atoms with Crippen LogP contribution in [0, 0.1) is 0 Å². The average Bonchev–Trinajstić information content (AvgIpc) is 3.11. The van der Waals surface area contributed by atoms with Crippen molar-refractivity contribution in [3.8, 4) is 0 Å². The van der Waals surface area contributed by atoms with Crippen molar-refractivity contribution in [1.29, 1.82) is 0 Å². The molecule has 0 aliphatic rings. The maximum atomic E-state index is 12.0. The number of hydrogen-bond acceptors (Lipinski definition) is 5. The van der Waals surface area contributed by atoms with Gasteiger partial charge in [0, 0.05) is 18.5 Å². The lowest BCUT2D eigenvalue weighted by Crippen LogP contribution is -2.25. The summed E-state index contributed by atoms with van der Waals surface area (Å²) in [7, 11) is 0. The largest absolute Gasteiger partial charge is 0.467 e. The van der Waals surface area contributed by atoms with Crippen LogP contribution in [0.2, 0.25) is 0 Å². The average molecular weight is 333 g/mol. The maximum absolute atomic E-state index is 12.0. The summed E-state index contributed by atoms with van der Waals surface area (Å²) < 4.78 is 5.18. The summed E-state index contributed by atoms with van der Waals surface area (Å²) in [6, 6.07) is 7.33. The Morgan fingerprint density at radius 3 is 2.74 bits per heavy atom. The summed E-state index contributed by atoms with van der Waals surface area (Å²) in [5, 5.41) is 3.75. The number of rotatable bonds is 9. The molecule has 0 saturated carbocycles. The minimum atomic E-state index is -0.145. The fourth-order valence-corrected chi connectivity index (χ4v) is 2.95. The zero-order valence-electron chi connectivity index (χ0n) is 13.6. The number of carbonyl (C=O) groups is 1. The molecule has 0 aliphatic carbocycles. The van der Waals surface area contributed by atoms with Gasteiger partial charge in [-0.25, -0.2) is 4.98 Å². The van der Waals surface area contributed by atoms with E-state index in [1.165, 1.54) is 0 Å². The van der Waals surface area contributed by atoms with Crippen molar-refractivity contribution in [3.05, 3.63) is 48.0 Å². The number of amides is 1. The molecule has 5 nitrogen and oxygen atoms in total. The quantitative estimate of drug-likeness (QED) is 0.715. The Balaban J connectivity index is 1.78. The van der Waals surface area contributed by atoms with Crippen molar-refractivity contribution in [2.24, 2.45) is 0 Å². The van der Waals surface area contributed by atoms with E-state index in [1.54, 1.807) is 30.3 Å². The van der Waals surface area contributed by atoms with Crippen LogP contribution in [0.3, 0.4) is 0 Å². The molecular weight excluding hydrogens is 310 g/mol. The first-order valence-corrected chi connectivity index (χ1v) is 8.83. The first kappa shape index (κ1) is 17.6. The Labute approximate surface area is 141 Å². The predicted octanol–water partition coefficient (Wildman–Crippen LogP) is 3.04. The van der Waals surface area contributed by atoms with Gasteiger partial charge >= 0.3 is 0 Å². The normalized spacial score (nSPS) is 10.9. The van der Waals surface area contributed by atoms with Crippen LogP contribution in [0.15, 0.2) is 46.2 Å². The lowest BCUT2D eigenvalue weighted by Gasteiger charge is -2.17. The second kappa shape index (κ2) is 9.37. The maximum Gasteiger partial charge on any atom is 0.253 e. The zero-order chi connectivity index (χ0) is 16.5. The van der Waals surface area contributed by atoms with Crippen LogP contribution in [-0.4, -0.2) is 41.2 Å². The lowest BCUT2D eigenvalue weighted by atomic mass is 10.2. The highest BCUT2D eigenvalue weighted by atomic mass is 32.2. The summed E-state index contributed by atoms with van der Waals surface area (Å²) in [6.45, 7) is 7.90. The Morgan fingerprint density at radius 1 is 1.30 bits per heavy atom. The second-order valence-corrected chi connectivity index (χ2v) is 6.14. The van der Waals surface area contributed by atoms with E-state index in [0.29, 0.717) is 12.1 Å². The Bertz CT molecular complexity index is 580. The number of nitrogens with zero attached hydrogens (tertiary/aromatic N) is 2. The van der Waals surface area contributed by atoms with Gasteiger partial charge in [-0.15, -0.1) is 11.8 Å². The van der Waals surface area contributed by atoms with Gasteiger partial charge in [0.05, 0.1) is 23.4 Å². The molecule has 1 N–H and O–H groups in total. The molecule has 2 rings (SSSR count). The molecule has 2 heterocycles. The van der Waals surface area contributed by atoms with E-state index in [-0.39, 0.29) is 5.91 Å². The molecule has 0 atom stereocenters. The summed E-state index contributed by atoms with van der Waals surface area (Å²) >= 11 is 1.71. The van der Waals surface area contributed by atoms with E-state index in [0.717, 1.165) is 36.2 Å². The molecule has 0 aliphatic heterocycles. The molecule has 2 aromatic heterocycles. The third-order valence-electron chi connectivity index (χ3n) is 3.55. The van der Waals surface area contributed by atoms with Gasteiger partial charge in [-0.05, 0) is 37.4 Å². The van der Waals surface area contributed by atoms with Crippen LogP contribution in [0.25, 0.3) is 0 Å². The fourth-order valence-electron chi connectivity index (χ4n) is 2.10. The summed E-state index contributed by atoms with van der Waals surface area (Å²) in [5.74, 6) is 1.59. The molecule has 6 heteroatoms. The zero-order valence-corrected chi connectivity index (χ0v) is 14.4. The molecule has 0 unspecified atom stereocenters. The molecule has 0 aromatic carbocycles. The second-order valence-electron chi connectivity index (χ2n) is 5.02. The van der Waals surface area contributed by atoms with Gasteiger partial charge in [0.25, 0.3) is 5.91 Å². The van der Waals surface area contributed by atoms with Crippen LogP contribution in [0.4, 0.5) is 0 Å². The number of nitrogens with one attached hydrogen (secondary N) is 1. The SMILES string of the molecule is CCN(CC)CCSc1ccc(C(=O)NCc2ccco2)cn1. The van der Waals surface area contributed by atoms with Gasteiger partial charge in [-0.1, -0.05) is 13.8 Å². The number of pyridine rings is 1. The first-order chi connectivity index (χ1) is 11.2. The van der Waals surface area contributed by atoms with E-state index in [2.05, 4.69) is 29.0 Å². The Hall–Kier alpha value is -1.79. The molecule has 2 aromatic rings. The number of aromatic nitrogens is 1. The van der Waals surface area contributed by atoms with Gasteiger partial charge < -0.3 is 14.6 Å². The third kappa shape index (κ3) is 5.73. The number of carbonyl (C=O) groups excluding carboxylic acids is 1. The lowest BCUT2D eigenvalue weighted by molar-refractivity contribution is 0.0947. The number of furan rings is 1. The van der Waals surface area contributed by atoms with Crippen LogP contribution in [0.5, 0.6) is 0 Å². The highest BCUT2D eigenvalue weighted by molar-refractivity contribution is 7.99. The molecule has 124 valence electrons. The van der Waals surface area contributed by atoms with Gasteiger partial charge in [0.1, 0.15) is 5.76 Å². The van der Waals surface area contributed by atoms with Crippen molar-refractivity contribution in [1.82, 2.24) is 15.2 Å². The van der Waals surface area contributed by atoms with Crippen molar-refractivity contribution in [3.63, 3.8) is 0 Å². The van der Waals surface area contributed by atoms with Gasteiger partial charge in [-0.3, -0.25) is 4.79 Å². The van der Waals surface area contributed by atoms with E-state index >= 15 is 0 Å². The molecule has 0 radical (unpaired) electrons. The topological polar surface area (TPSA) is 58.4 Å². The van der Waals surface area contributed by atoms with Crippen molar-refractivity contribution in [2.45, 2.75) is 25.4 Å². The molecule has 23 heavy (non-hydrogen) atoms. The smallest absolute Gasteiger partial charge is 0.253 e. The summed E-state index contributed by atoms with van der Waals surface area (Å²) in [6.07, 6.45) is 3.21. The first-order valence-electron chi connectivity index (χ1n) is 7.84. The molecule has 0 spiro atoms. The van der Waals surface area contributed by atoms with Crippen molar-refractivity contribution < 1.29 is 9.21 Å². The van der Waals surface area contributed by atoms with E-state index in [9.17, 15) is 4.79 Å². The minimum Gasteiger partial charge on any atom is -0.467 e. The van der Waals surface area contributed by atoms with Crippen molar-refractivity contribution >= 4 is 17.7 Å². The van der Waals surface area contributed by atoms with E-state index in [1.807, 2.05) is 18.2 Å². The van der Waals surface area contributed by atoms with Crippen LogP contribution in [-0.2, 0) is 6.54 Å². The predicted molar refractivity (Wildman–Crippen MR) is 92.6 cm³/mol. The van der Waals surface area contributed by atoms with Crippen LogP contribution in [0.1, 0.15) is 30.0 Å². The minimum absolute atomic E-state index is 0.145. The van der Waals surface area contributed by atoms with Crippen LogP contribution >= 0.6 is 11.8 Å². The van der Waals surface area contributed by atoms with Gasteiger partial charge in [0.2, 0.25) is 0 Å². The van der Waals surface area contributed by atoms with E-state index in [4.69, 9.17) is 4.42 Å². The van der Waals surface area contributed by atoms with Gasteiger partial charge in [0.15, 0.2) is 0 Å². The highest BCUT2D eigenvalue weighted by Gasteiger charge is 2.07. The van der Waals surface area contributed by atoms with Crippen LogP contribution < -0.4 is 5.32 Å². The Morgan fingerprint density at radius 2 is 2.13 bits per heavy atom.